The zero-order valence-corrected chi connectivity index (χ0v) is 28.6. The predicted octanol–water partition coefficient (Wildman–Crippen LogP) is 13.3. The van der Waals surface area contributed by atoms with Crippen molar-refractivity contribution in [3.05, 3.63) is 217 Å². The Labute approximate surface area is 311 Å². The fraction of sp³-hybridized carbons (Fsp3) is 0.0400. The summed E-state index contributed by atoms with van der Waals surface area (Å²) in [5.74, 6) is 0. The largest absolute Gasteiger partial charge is 0.310 e. The van der Waals surface area contributed by atoms with Crippen LogP contribution in [-0.2, 0) is 5.41 Å². The highest BCUT2D eigenvalue weighted by Gasteiger charge is 2.40. The summed E-state index contributed by atoms with van der Waals surface area (Å²) in [4.78, 5) is 2.20. The number of anilines is 3. The highest BCUT2D eigenvalue weighted by molar-refractivity contribution is 6.11. The topological polar surface area (TPSA) is 8.17 Å². The Hall–Kier alpha value is -6.64. The number of rotatable bonds is 6. The normalized spacial score (nSPS) is 14.2. The highest BCUT2D eigenvalue weighted by atomic mass is 15.1. The van der Waals surface area contributed by atoms with Crippen LogP contribution in [0, 0.1) is 0 Å². The molecule has 0 amide bonds. The maximum absolute atomic E-state index is 8.56. The Balaban J connectivity index is 1.18. The van der Waals surface area contributed by atoms with E-state index in [9.17, 15) is 0 Å². The van der Waals surface area contributed by atoms with Crippen molar-refractivity contribution in [1.82, 2.24) is 4.57 Å². The van der Waals surface area contributed by atoms with Gasteiger partial charge in [-0.1, -0.05) is 133 Å². The average molecular weight is 670 g/mol. The molecule has 0 unspecified atom stereocenters. The Bertz CT molecular complexity index is 2950. The minimum Gasteiger partial charge on any atom is -0.310 e. The van der Waals surface area contributed by atoms with Gasteiger partial charge in [0.1, 0.15) is 0 Å². The average Bonchev–Trinajstić information content (AvgIpc) is 3.73. The Morgan fingerprint density at radius 3 is 1.69 bits per heavy atom. The second-order valence-corrected chi connectivity index (χ2v) is 13.5. The SMILES string of the molecule is [2H]c1c([2H])c([2H])c(-c2ccc(N(c3ccccc3)c3ccc4c(c3)c3cc(C5(C)c6ccccc6-c6ccccc65)ccc3n4-c3ccccc3)cc2)c([2H])c1[2H]. The lowest BCUT2D eigenvalue weighted by atomic mass is 9.74. The molecule has 0 saturated heterocycles. The van der Waals surface area contributed by atoms with Crippen LogP contribution in [0.25, 0.3) is 49.7 Å². The van der Waals surface area contributed by atoms with Crippen LogP contribution in [0.3, 0.4) is 0 Å². The van der Waals surface area contributed by atoms with Gasteiger partial charge in [-0.15, -0.1) is 0 Å². The monoisotopic (exact) mass is 669 g/mol. The summed E-state index contributed by atoms with van der Waals surface area (Å²) >= 11 is 0. The lowest BCUT2D eigenvalue weighted by molar-refractivity contribution is 0.715. The van der Waals surface area contributed by atoms with Gasteiger partial charge in [0, 0.05) is 38.9 Å². The third kappa shape index (κ3) is 4.65. The van der Waals surface area contributed by atoms with E-state index in [2.05, 4.69) is 138 Å². The number of benzene rings is 8. The van der Waals surface area contributed by atoms with Crippen LogP contribution in [0.5, 0.6) is 0 Å². The highest BCUT2D eigenvalue weighted by Crippen LogP contribution is 2.53. The molecule has 0 saturated carbocycles. The number of hydrogen-bond donors (Lipinski definition) is 0. The van der Waals surface area contributed by atoms with Crippen molar-refractivity contribution >= 4 is 38.9 Å². The van der Waals surface area contributed by atoms with Gasteiger partial charge in [0.2, 0.25) is 0 Å². The molecule has 8 aromatic carbocycles. The molecule has 9 aromatic rings. The van der Waals surface area contributed by atoms with Crippen molar-refractivity contribution in [3.63, 3.8) is 0 Å². The number of aromatic nitrogens is 1. The summed E-state index contributed by atoms with van der Waals surface area (Å²) in [5.41, 5.74) is 12.9. The third-order valence-corrected chi connectivity index (χ3v) is 10.7. The zero-order valence-electron chi connectivity index (χ0n) is 33.6. The van der Waals surface area contributed by atoms with E-state index in [-0.39, 0.29) is 35.1 Å². The minimum absolute atomic E-state index is 0.186. The maximum Gasteiger partial charge on any atom is 0.0629 e. The molecule has 52 heavy (non-hydrogen) atoms. The molecule has 1 aromatic heterocycles. The molecule has 0 bridgehead atoms. The van der Waals surface area contributed by atoms with E-state index in [4.69, 9.17) is 6.85 Å². The van der Waals surface area contributed by atoms with Gasteiger partial charge in [-0.2, -0.15) is 0 Å². The fourth-order valence-electron chi connectivity index (χ4n) is 8.28. The first-order valence-electron chi connectivity index (χ1n) is 20.1. The Kier molecular flexibility index (Phi) is 5.85. The molecule has 0 fully saturated rings. The lowest BCUT2D eigenvalue weighted by Crippen LogP contribution is -2.22. The molecule has 1 heterocycles. The molecule has 246 valence electrons. The third-order valence-electron chi connectivity index (χ3n) is 10.7. The predicted molar refractivity (Wildman–Crippen MR) is 218 cm³/mol. The van der Waals surface area contributed by atoms with E-state index in [1.807, 2.05) is 48.5 Å². The first-order valence-corrected chi connectivity index (χ1v) is 17.6. The first-order chi connectivity index (χ1) is 27.8. The standard InChI is InChI=1S/C50H36N2/c1-50(46-23-13-11-21-42(46)43-22-12-14-24-47(43)50)37-27-31-48-44(33-37)45-34-41(30-32-49(45)52(48)39-19-9-4-10-20-39)51(38-17-7-3-8-18-38)40-28-25-36(26-29-40)35-15-5-2-6-16-35/h2-34H,1H3/i2D,5D,6D,15D,16D. The van der Waals surface area contributed by atoms with Crippen LogP contribution < -0.4 is 4.90 Å². The van der Waals surface area contributed by atoms with E-state index in [0.717, 1.165) is 44.6 Å². The minimum atomic E-state index is -0.399. The van der Waals surface area contributed by atoms with Gasteiger partial charge in [-0.05, 0) is 113 Å². The Morgan fingerprint density at radius 1 is 0.481 bits per heavy atom. The molecular formula is C50H36N2. The van der Waals surface area contributed by atoms with Gasteiger partial charge in [0.05, 0.1) is 17.9 Å². The maximum atomic E-state index is 8.56. The van der Waals surface area contributed by atoms with E-state index >= 15 is 0 Å². The molecule has 1 aliphatic carbocycles. The molecule has 1 aliphatic rings. The molecule has 0 spiro atoms. The van der Waals surface area contributed by atoms with Crippen molar-refractivity contribution in [2.45, 2.75) is 12.3 Å². The molecule has 0 radical (unpaired) electrons. The molecule has 2 heteroatoms. The summed E-state index contributed by atoms with van der Waals surface area (Å²) in [6.45, 7) is 2.35. The van der Waals surface area contributed by atoms with E-state index < -0.39 is 6.04 Å². The summed E-state index contributed by atoms with van der Waals surface area (Å²) in [7, 11) is 0. The van der Waals surface area contributed by atoms with Crippen molar-refractivity contribution < 1.29 is 6.85 Å². The summed E-state index contributed by atoms with van der Waals surface area (Å²) < 4.78 is 44.0. The van der Waals surface area contributed by atoms with E-state index in [0.29, 0.717) is 5.56 Å². The lowest BCUT2D eigenvalue weighted by Gasteiger charge is -2.28. The molecular weight excluding hydrogens is 629 g/mol. The summed E-state index contributed by atoms with van der Waals surface area (Å²) in [5, 5.41) is 2.27. The van der Waals surface area contributed by atoms with Crippen molar-refractivity contribution in [3.8, 4) is 27.9 Å². The molecule has 2 nitrogen and oxygen atoms in total. The molecule has 0 atom stereocenters. The van der Waals surface area contributed by atoms with E-state index in [1.165, 1.54) is 27.8 Å². The van der Waals surface area contributed by atoms with Gasteiger partial charge >= 0.3 is 0 Å². The van der Waals surface area contributed by atoms with Crippen molar-refractivity contribution in [2.75, 3.05) is 4.90 Å². The number of nitrogens with zero attached hydrogens (tertiary/aromatic N) is 2. The van der Waals surface area contributed by atoms with Gasteiger partial charge in [0.15, 0.2) is 0 Å². The fourth-order valence-corrected chi connectivity index (χ4v) is 8.28. The van der Waals surface area contributed by atoms with Crippen molar-refractivity contribution in [1.29, 1.82) is 0 Å². The smallest absolute Gasteiger partial charge is 0.0629 e. The number of para-hydroxylation sites is 2. The van der Waals surface area contributed by atoms with Gasteiger partial charge in [-0.25, -0.2) is 0 Å². The van der Waals surface area contributed by atoms with Crippen LogP contribution in [0.1, 0.15) is 30.5 Å². The summed E-state index contributed by atoms with van der Waals surface area (Å²) in [6, 6.07) is 57.9. The quantitative estimate of drug-likeness (QED) is 0.171. The summed E-state index contributed by atoms with van der Waals surface area (Å²) in [6.07, 6.45) is 0. The first kappa shape index (κ1) is 25.3. The van der Waals surface area contributed by atoms with Crippen LogP contribution in [0.15, 0.2) is 200 Å². The van der Waals surface area contributed by atoms with Crippen LogP contribution in [0.2, 0.25) is 0 Å². The van der Waals surface area contributed by atoms with Gasteiger partial charge in [0.25, 0.3) is 0 Å². The zero-order chi connectivity index (χ0) is 39.0. The van der Waals surface area contributed by atoms with Gasteiger partial charge < -0.3 is 9.47 Å². The molecule has 0 N–H and O–H groups in total. The van der Waals surface area contributed by atoms with Crippen molar-refractivity contribution in [2.24, 2.45) is 0 Å². The second-order valence-electron chi connectivity index (χ2n) is 13.5. The number of fused-ring (bicyclic) bond motifs is 6. The second kappa shape index (κ2) is 12.0. The Morgan fingerprint density at radius 2 is 1.02 bits per heavy atom. The number of hydrogen-bond acceptors (Lipinski definition) is 1. The van der Waals surface area contributed by atoms with Gasteiger partial charge in [-0.3, -0.25) is 0 Å². The van der Waals surface area contributed by atoms with E-state index in [1.54, 1.807) is 0 Å². The van der Waals surface area contributed by atoms with Crippen LogP contribution in [0.4, 0.5) is 17.1 Å². The molecule has 0 aliphatic heterocycles. The molecule has 10 rings (SSSR count). The van der Waals surface area contributed by atoms with Crippen LogP contribution in [-0.4, -0.2) is 4.57 Å². The van der Waals surface area contributed by atoms with Crippen LogP contribution >= 0.6 is 0 Å².